The van der Waals surface area contributed by atoms with Crippen molar-refractivity contribution in [2.45, 2.75) is 5.16 Å². The van der Waals surface area contributed by atoms with Gasteiger partial charge in [-0.25, -0.2) is 4.98 Å². The monoisotopic (exact) mass is 174 g/mol. The second-order valence-electron chi connectivity index (χ2n) is 1.69. The molecule has 0 aromatic carbocycles. The minimum atomic E-state index is -1.07. The van der Waals surface area contributed by atoms with Crippen molar-refractivity contribution < 1.29 is 4.21 Å². The van der Waals surface area contributed by atoms with E-state index in [-0.39, 0.29) is 0 Å². The van der Waals surface area contributed by atoms with E-state index in [1.54, 1.807) is 12.3 Å². The molecule has 0 aliphatic rings. The van der Waals surface area contributed by atoms with Crippen LogP contribution in [-0.2, 0) is 10.8 Å². The number of aromatic amines is 1. The third-order valence-electron chi connectivity index (χ3n) is 0.920. The van der Waals surface area contributed by atoms with Crippen LogP contribution in [0.1, 0.15) is 0 Å². The van der Waals surface area contributed by atoms with E-state index >= 15 is 0 Å². The van der Waals surface area contributed by atoms with Gasteiger partial charge in [-0.15, -0.1) is 0 Å². The Labute approximate surface area is 66.0 Å². The maximum atomic E-state index is 10.8. The summed E-state index contributed by atoms with van der Waals surface area (Å²) in [6, 6.07) is 1.64. The van der Waals surface area contributed by atoms with Crippen molar-refractivity contribution in [3.63, 3.8) is 0 Å². The summed E-state index contributed by atoms with van der Waals surface area (Å²) < 4.78 is 11.3. The van der Waals surface area contributed by atoms with E-state index in [4.69, 9.17) is 12.2 Å². The van der Waals surface area contributed by atoms with Crippen LogP contribution in [0, 0.1) is 4.64 Å². The number of aromatic nitrogens is 2. The average molecular weight is 174 g/mol. The van der Waals surface area contributed by atoms with Crippen LogP contribution in [0.5, 0.6) is 0 Å². The molecule has 0 saturated carbocycles. The Bertz CT molecular complexity index is 307. The molecule has 10 heavy (non-hydrogen) atoms. The van der Waals surface area contributed by atoms with Gasteiger partial charge in [-0.2, -0.15) is 0 Å². The topological polar surface area (TPSA) is 45.8 Å². The van der Waals surface area contributed by atoms with Crippen LogP contribution in [0.2, 0.25) is 0 Å². The van der Waals surface area contributed by atoms with Gasteiger partial charge in [-0.1, -0.05) is 12.2 Å². The summed E-state index contributed by atoms with van der Waals surface area (Å²) in [7, 11) is -1.07. The molecule has 1 aromatic heterocycles. The highest BCUT2D eigenvalue weighted by atomic mass is 32.2. The van der Waals surface area contributed by atoms with Gasteiger partial charge < -0.3 is 4.98 Å². The first-order chi connectivity index (χ1) is 4.70. The third-order valence-corrected chi connectivity index (χ3v) is 1.91. The molecule has 1 aromatic rings. The second kappa shape index (κ2) is 3.03. The predicted molar refractivity (Wildman–Crippen MR) is 41.8 cm³/mol. The summed E-state index contributed by atoms with van der Waals surface area (Å²) in [6.07, 6.45) is 3.09. The lowest BCUT2D eigenvalue weighted by atomic mass is 10.7. The smallest absolute Gasteiger partial charge is 0.197 e. The molecular weight excluding hydrogens is 168 g/mol. The SMILES string of the molecule is CS(=O)c1nccc(=S)[nH]1. The molecule has 1 atom stereocenters. The molecule has 0 amide bonds. The zero-order valence-electron chi connectivity index (χ0n) is 5.33. The summed E-state index contributed by atoms with van der Waals surface area (Å²) >= 11 is 4.79. The van der Waals surface area contributed by atoms with E-state index < -0.39 is 10.8 Å². The average Bonchev–Trinajstić information content (AvgIpc) is 1.88. The lowest BCUT2D eigenvalue weighted by molar-refractivity contribution is 0.679. The lowest BCUT2D eigenvalue weighted by Gasteiger charge is -1.91. The summed E-state index contributed by atoms with van der Waals surface area (Å²) in [4.78, 5) is 6.53. The maximum absolute atomic E-state index is 10.8. The Morgan fingerprint density at radius 1 is 1.80 bits per heavy atom. The summed E-state index contributed by atoms with van der Waals surface area (Å²) in [5.74, 6) is 0. The van der Waals surface area contributed by atoms with Gasteiger partial charge >= 0.3 is 0 Å². The molecule has 0 radical (unpaired) electrons. The van der Waals surface area contributed by atoms with Crippen molar-refractivity contribution in [2.24, 2.45) is 0 Å². The lowest BCUT2D eigenvalue weighted by Crippen LogP contribution is -1.94. The molecule has 0 spiro atoms. The van der Waals surface area contributed by atoms with Gasteiger partial charge in [0.05, 0.1) is 10.8 Å². The number of H-pyrrole nitrogens is 1. The summed E-state index contributed by atoms with van der Waals surface area (Å²) in [6.45, 7) is 0. The molecule has 5 heteroatoms. The highest BCUT2D eigenvalue weighted by Crippen LogP contribution is 1.93. The number of rotatable bonds is 1. The molecule has 0 aliphatic carbocycles. The van der Waals surface area contributed by atoms with E-state index in [0.29, 0.717) is 9.80 Å². The molecule has 54 valence electrons. The highest BCUT2D eigenvalue weighted by Gasteiger charge is 1.95. The minimum absolute atomic E-state index is 0.424. The van der Waals surface area contributed by atoms with E-state index in [1.807, 2.05) is 0 Å². The van der Waals surface area contributed by atoms with Crippen molar-refractivity contribution in [3.8, 4) is 0 Å². The van der Waals surface area contributed by atoms with Crippen molar-refractivity contribution >= 4 is 23.0 Å². The molecule has 3 nitrogen and oxygen atoms in total. The second-order valence-corrected chi connectivity index (χ2v) is 3.43. The maximum Gasteiger partial charge on any atom is 0.197 e. The molecular formula is C5H6N2OS2. The first-order valence-corrected chi connectivity index (χ1v) is 4.55. The van der Waals surface area contributed by atoms with Gasteiger partial charge in [-0.3, -0.25) is 4.21 Å². The fourth-order valence-corrected chi connectivity index (χ4v) is 1.18. The molecule has 0 bridgehead atoms. The molecule has 1 rings (SSSR count). The Kier molecular flexibility index (Phi) is 2.29. The number of nitrogens with one attached hydrogen (secondary N) is 1. The van der Waals surface area contributed by atoms with Gasteiger partial charge in [0.25, 0.3) is 0 Å². The summed E-state index contributed by atoms with van der Waals surface area (Å²) in [5, 5.41) is 0.424. The summed E-state index contributed by atoms with van der Waals surface area (Å²) in [5.41, 5.74) is 0. The van der Waals surface area contributed by atoms with Crippen LogP contribution in [0.4, 0.5) is 0 Å². The van der Waals surface area contributed by atoms with Crippen LogP contribution in [-0.4, -0.2) is 20.4 Å². The van der Waals surface area contributed by atoms with Crippen LogP contribution in [0.3, 0.4) is 0 Å². The highest BCUT2D eigenvalue weighted by molar-refractivity contribution is 7.84. The van der Waals surface area contributed by atoms with Crippen LogP contribution in [0.15, 0.2) is 17.4 Å². The van der Waals surface area contributed by atoms with Gasteiger partial charge in [0.2, 0.25) is 0 Å². The van der Waals surface area contributed by atoms with Gasteiger partial charge in [0.15, 0.2) is 5.16 Å². The molecule has 0 saturated heterocycles. The zero-order chi connectivity index (χ0) is 7.56. The minimum Gasteiger partial charge on any atom is -0.324 e. The van der Waals surface area contributed by atoms with Gasteiger partial charge in [0, 0.05) is 12.5 Å². The Balaban J connectivity index is 3.20. The number of hydrogen-bond donors (Lipinski definition) is 1. The normalized spacial score (nSPS) is 12.9. The first-order valence-electron chi connectivity index (χ1n) is 2.59. The standard InChI is InChI=1S/C5H6N2OS2/c1-10(8)5-6-3-2-4(9)7-5/h2-3H,1H3,(H,6,7,9). The van der Waals surface area contributed by atoms with Crippen molar-refractivity contribution in [2.75, 3.05) is 6.26 Å². The molecule has 0 fully saturated rings. The Morgan fingerprint density at radius 3 is 2.90 bits per heavy atom. The van der Waals surface area contributed by atoms with E-state index in [2.05, 4.69) is 9.97 Å². The predicted octanol–water partition coefficient (Wildman–Crippen LogP) is 0.877. The number of nitrogens with zero attached hydrogens (tertiary/aromatic N) is 1. The van der Waals surface area contributed by atoms with Crippen molar-refractivity contribution in [3.05, 3.63) is 16.9 Å². The first kappa shape index (κ1) is 7.56. The van der Waals surface area contributed by atoms with Gasteiger partial charge in [0.1, 0.15) is 4.64 Å². The molecule has 1 N–H and O–H groups in total. The zero-order valence-corrected chi connectivity index (χ0v) is 6.96. The van der Waals surface area contributed by atoms with Crippen molar-refractivity contribution in [1.82, 2.24) is 9.97 Å². The quantitative estimate of drug-likeness (QED) is 0.507. The third kappa shape index (κ3) is 1.71. The fourth-order valence-electron chi connectivity index (χ4n) is 0.498. The Hall–Kier alpha value is -0.550. The largest absolute Gasteiger partial charge is 0.324 e. The van der Waals surface area contributed by atoms with Crippen LogP contribution >= 0.6 is 12.2 Å². The van der Waals surface area contributed by atoms with Gasteiger partial charge in [-0.05, 0) is 6.07 Å². The molecule has 0 aliphatic heterocycles. The van der Waals surface area contributed by atoms with Crippen LogP contribution in [0.25, 0.3) is 0 Å². The Morgan fingerprint density at radius 2 is 2.50 bits per heavy atom. The van der Waals surface area contributed by atoms with Crippen LogP contribution < -0.4 is 0 Å². The van der Waals surface area contributed by atoms with Crippen molar-refractivity contribution in [1.29, 1.82) is 0 Å². The molecule has 1 unspecified atom stereocenters. The number of hydrogen-bond acceptors (Lipinski definition) is 3. The fraction of sp³-hybridized carbons (Fsp3) is 0.200. The molecule has 1 heterocycles. The van der Waals surface area contributed by atoms with E-state index in [9.17, 15) is 4.21 Å². The van der Waals surface area contributed by atoms with E-state index in [0.717, 1.165) is 0 Å². The van der Waals surface area contributed by atoms with E-state index in [1.165, 1.54) is 6.20 Å².